The smallest absolute Gasteiger partial charge is 0.324 e. The molecule has 0 aromatic carbocycles. The van der Waals surface area contributed by atoms with E-state index in [9.17, 15) is 9.59 Å². The van der Waals surface area contributed by atoms with Crippen LogP contribution in [0.25, 0.3) is 0 Å². The van der Waals surface area contributed by atoms with Gasteiger partial charge in [-0.1, -0.05) is 23.5 Å². The van der Waals surface area contributed by atoms with Gasteiger partial charge in [0.05, 0.1) is 13.2 Å². The second-order valence-corrected chi connectivity index (χ2v) is 4.78. The molecule has 1 saturated carbocycles. The molecule has 0 atom stereocenters. The molecule has 0 radical (unpaired) electrons. The van der Waals surface area contributed by atoms with Crippen molar-refractivity contribution in [2.45, 2.75) is 39.5 Å². The van der Waals surface area contributed by atoms with Crippen molar-refractivity contribution in [3.05, 3.63) is 11.6 Å². The summed E-state index contributed by atoms with van der Waals surface area (Å²) in [4.78, 5) is 24.7. The number of hydrogen-bond donors (Lipinski definition) is 1. The molecule has 0 unspecified atom stereocenters. The van der Waals surface area contributed by atoms with Crippen molar-refractivity contribution in [2.75, 3.05) is 19.8 Å². The largest absolute Gasteiger partial charge is 0.465 e. The summed E-state index contributed by atoms with van der Waals surface area (Å²) in [5.74, 6) is 3.90. The molecule has 0 saturated heterocycles. The first-order chi connectivity index (χ1) is 10.1. The monoisotopic (exact) mass is 294 g/mol. The van der Waals surface area contributed by atoms with Crippen LogP contribution in [0, 0.1) is 17.3 Å². The molecule has 1 rings (SSSR count). The third-order valence-electron chi connectivity index (χ3n) is 3.20. The van der Waals surface area contributed by atoms with Crippen molar-refractivity contribution < 1.29 is 24.2 Å². The van der Waals surface area contributed by atoms with Crippen LogP contribution in [0.4, 0.5) is 0 Å². The normalized spacial score (nSPS) is 13.0. The van der Waals surface area contributed by atoms with Crippen LogP contribution in [0.2, 0.25) is 0 Å². The summed E-state index contributed by atoms with van der Waals surface area (Å²) in [5.41, 5.74) is -0.216. The highest BCUT2D eigenvalue weighted by Crippen LogP contribution is 2.35. The standard InChI is InChI=1S/C16H22O5/c1-3-20-14(18)16(10-5-6-12-17,15(19)21-4-2)11-9-13-7-8-13/h9,17H,3-4,7-8,10-12H2,1-2H3. The van der Waals surface area contributed by atoms with Crippen molar-refractivity contribution in [2.24, 2.45) is 5.41 Å². The third-order valence-corrected chi connectivity index (χ3v) is 3.20. The van der Waals surface area contributed by atoms with Gasteiger partial charge < -0.3 is 14.6 Å². The third kappa shape index (κ3) is 4.91. The van der Waals surface area contributed by atoms with E-state index in [4.69, 9.17) is 14.6 Å². The summed E-state index contributed by atoms with van der Waals surface area (Å²) in [6.45, 7) is 3.43. The van der Waals surface area contributed by atoms with Crippen LogP contribution >= 0.6 is 0 Å². The second-order valence-electron chi connectivity index (χ2n) is 4.78. The highest BCUT2D eigenvalue weighted by atomic mass is 16.6. The maximum absolute atomic E-state index is 12.3. The number of esters is 2. The number of aliphatic hydroxyl groups is 1. The van der Waals surface area contributed by atoms with Crippen LogP contribution in [-0.2, 0) is 19.1 Å². The summed E-state index contributed by atoms with van der Waals surface area (Å²) in [6, 6.07) is 0. The molecule has 0 amide bonds. The van der Waals surface area contributed by atoms with Gasteiger partial charge in [-0.25, -0.2) is 0 Å². The molecule has 116 valence electrons. The first-order valence-corrected chi connectivity index (χ1v) is 7.19. The van der Waals surface area contributed by atoms with E-state index in [0.717, 1.165) is 12.8 Å². The highest BCUT2D eigenvalue weighted by Gasteiger charge is 2.47. The molecule has 0 bridgehead atoms. The first-order valence-electron chi connectivity index (χ1n) is 7.19. The van der Waals surface area contributed by atoms with E-state index in [-0.39, 0.29) is 32.7 Å². The van der Waals surface area contributed by atoms with Crippen LogP contribution in [0.3, 0.4) is 0 Å². The predicted molar refractivity (Wildman–Crippen MR) is 77.1 cm³/mol. The molecule has 1 aliphatic rings. The summed E-state index contributed by atoms with van der Waals surface area (Å²) in [5, 5.41) is 8.76. The fourth-order valence-corrected chi connectivity index (χ4v) is 1.87. The van der Waals surface area contributed by atoms with E-state index in [1.807, 2.05) is 6.08 Å². The fraction of sp³-hybridized carbons (Fsp3) is 0.625. The quantitative estimate of drug-likeness (QED) is 0.334. The zero-order valence-corrected chi connectivity index (χ0v) is 12.6. The Hall–Kier alpha value is -1.80. The number of hydrogen-bond acceptors (Lipinski definition) is 5. The molecule has 0 aromatic rings. The molecular weight excluding hydrogens is 272 g/mol. The first kappa shape index (κ1) is 17.3. The SMILES string of the molecule is CCOC(=O)C(CC#CCO)(CC=C1CC1)C(=O)OCC. The van der Waals surface area contributed by atoms with E-state index < -0.39 is 17.4 Å². The minimum absolute atomic E-state index is 0.0188. The maximum atomic E-state index is 12.3. The second kappa shape index (κ2) is 8.48. The maximum Gasteiger partial charge on any atom is 0.324 e. The summed E-state index contributed by atoms with van der Waals surface area (Å²) < 4.78 is 10.1. The molecule has 0 aromatic heterocycles. The van der Waals surface area contributed by atoms with Crippen LogP contribution in [-0.4, -0.2) is 36.9 Å². The lowest BCUT2D eigenvalue weighted by molar-refractivity contribution is -0.171. The van der Waals surface area contributed by atoms with Crippen molar-refractivity contribution in [3.63, 3.8) is 0 Å². The van der Waals surface area contributed by atoms with Crippen LogP contribution < -0.4 is 0 Å². The molecule has 21 heavy (non-hydrogen) atoms. The van der Waals surface area contributed by atoms with Crippen molar-refractivity contribution >= 4 is 11.9 Å². The van der Waals surface area contributed by atoms with Crippen molar-refractivity contribution in [1.29, 1.82) is 0 Å². The molecule has 1 N–H and O–H groups in total. The number of carbonyl (C=O) groups is 2. The zero-order chi connectivity index (χ0) is 15.7. The van der Waals surface area contributed by atoms with E-state index in [1.54, 1.807) is 13.8 Å². The lowest BCUT2D eigenvalue weighted by Gasteiger charge is -2.26. The lowest BCUT2D eigenvalue weighted by atomic mass is 9.81. The number of rotatable bonds is 7. The van der Waals surface area contributed by atoms with Gasteiger partial charge in [0, 0.05) is 6.42 Å². The Morgan fingerprint density at radius 2 is 1.76 bits per heavy atom. The zero-order valence-electron chi connectivity index (χ0n) is 12.6. The van der Waals surface area contributed by atoms with Gasteiger partial charge in [-0.05, 0) is 33.1 Å². The molecule has 1 aliphatic carbocycles. The number of ether oxygens (including phenoxy) is 2. The van der Waals surface area contributed by atoms with Gasteiger partial charge in [0.25, 0.3) is 0 Å². The van der Waals surface area contributed by atoms with Gasteiger partial charge in [-0.2, -0.15) is 0 Å². The summed E-state index contributed by atoms with van der Waals surface area (Å²) in [7, 11) is 0. The molecule has 0 spiro atoms. The minimum atomic E-state index is -1.44. The van der Waals surface area contributed by atoms with E-state index in [1.165, 1.54) is 5.57 Å². The van der Waals surface area contributed by atoms with Crippen LogP contribution in [0.1, 0.15) is 39.5 Å². The Kier molecular flexibility index (Phi) is 6.97. The topological polar surface area (TPSA) is 72.8 Å². The predicted octanol–water partition coefficient (Wildman–Crippen LogP) is 1.60. The highest BCUT2D eigenvalue weighted by molar-refractivity contribution is 6.00. The Morgan fingerprint density at radius 3 is 2.19 bits per heavy atom. The van der Waals surface area contributed by atoms with Gasteiger partial charge in [0.2, 0.25) is 0 Å². The lowest BCUT2D eigenvalue weighted by Crippen LogP contribution is -2.41. The average Bonchev–Trinajstić information content (AvgIpc) is 3.27. The van der Waals surface area contributed by atoms with Gasteiger partial charge >= 0.3 is 11.9 Å². The van der Waals surface area contributed by atoms with Crippen molar-refractivity contribution in [3.8, 4) is 11.8 Å². The molecule has 5 nitrogen and oxygen atoms in total. The van der Waals surface area contributed by atoms with Crippen LogP contribution in [0.15, 0.2) is 11.6 Å². The molecule has 0 heterocycles. The Balaban J connectivity index is 3.05. The minimum Gasteiger partial charge on any atom is -0.465 e. The summed E-state index contributed by atoms with van der Waals surface area (Å²) >= 11 is 0. The Bertz CT molecular complexity index is 443. The molecule has 0 aliphatic heterocycles. The summed E-state index contributed by atoms with van der Waals surface area (Å²) in [6.07, 6.45) is 4.11. The number of allylic oxidation sites excluding steroid dienone is 2. The van der Waals surface area contributed by atoms with E-state index in [0.29, 0.717) is 0 Å². The Labute approximate surface area is 125 Å². The van der Waals surface area contributed by atoms with Crippen molar-refractivity contribution in [1.82, 2.24) is 0 Å². The van der Waals surface area contributed by atoms with Gasteiger partial charge in [-0.3, -0.25) is 9.59 Å². The number of carbonyl (C=O) groups excluding carboxylic acids is 2. The number of aliphatic hydroxyl groups excluding tert-OH is 1. The Morgan fingerprint density at radius 1 is 1.19 bits per heavy atom. The molecular formula is C16H22O5. The van der Waals surface area contributed by atoms with Crippen LogP contribution in [0.5, 0.6) is 0 Å². The van der Waals surface area contributed by atoms with E-state index >= 15 is 0 Å². The molecule has 1 fully saturated rings. The average molecular weight is 294 g/mol. The van der Waals surface area contributed by atoms with E-state index in [2.05, 4.69) is 11.8 Å². The van der Waals surface area contributed by atoms with Gasteiger partial charge in [-0.15, -0.1) is 0 Å². The van der Waals surface area contributed by atoms with Gasteiger partial charge in [0.15, 0.2) is 5.41 Å². The fourth-order valence-electron chi connectivity index (χ4n) is 1.87. The molecule has 5 heteroatoms. The van der Waals surface area contributed by atoms with Gasteiger partial charge in [0.1, 0.15) is 6.61 Å².